The minimum absolute atomic E-state index is 0.0173. The van der Waals surface area contributed by atoms with Crippen molar-refractivity contribution in [3.05, 3.63) is 28.8 Å². The van der Waals surface area contributed by atoms with Crippen molar-refractivity contribution in [2.45, 2.75) is 33.2 Å². The van der Waals surface area contributed by atoms with Crippen LogP contribution in [0, 0.1) is 0 Å². The molecule has 1 atom stereocenters. The summed E-state index contributed by atoms with van der Waals surface area (Å²) in [6.07, 6.45) is 1.09. The van der Waals surface area contributed by atoms with E-state index in [1.807, 2.05) is 19.1 Å². The normalized spacial score (nSPS) is 12.0. The van der Waals surface area contributed by atoms with E-state index in [1.54, 1.807) is 6.07 Å². The first-order chi connectivity index (χ1) is 9.58. The van der Waals surface area contributed by atoms with E-state index < -0.39 is 0 Å². The molecule has 5 heteroatoms. The molecule has 1 unspecified atom stereocenters. The predicted molar refractivity (Wildman–Crippen MR) is 82.3 cm³/mol. The second-order valence-corrected chi connectivity index (χ2v) is 5.02. The molecule has 0 saturated carbocycles. The van der Waals surface area contributed by atoms with E-state index in [0.29, 0.717) is 17.3 Å². The molecule has 0 bridgehead atoms. The molecule has 1 rings (SSSR count). The maximum absolute atomic E-state index is 11.3. The van der Waals surface area contributed by atoms with Crippen LogP contribution in [0.15, 0.2) is 18.2 Å². The lowest BCUT2D eigenvalue weighted by molar-refractivity contribution is -0.122. The van der Waals surface area contributed by atoms with Gasteiger partial charge in [0.25, 0.3) is 5.91 Å². The Hall–Kier alpha value is -1.26. The van der Waals surface area contributed by atoms with Crippen molar-refractivity contribution < 1.29 is 9.53 Å². The Morgan fingerprint density at radius 1 is 1.40 bits per heavy atom. The Morgan fingerprint density at radius 3 is 2.75 bits per heavy atom. The van der Waals surface area contributed by atoms with Gasteiger partial charge in [0, 0.05) is 12.6 Å². The molecule has 1 aromatic carbocycles. The van der Waals surface area contributed by atoms with Gasteiger partial charge in [-0.3, -0.25) is 4.79 Å². The molecular formula is C15H23ClN2O2. The van der Waals surface area contributed by atoms with Crippen LogP contribution in [-0.4, -0.2) is 25.6 Å². The third kappa shape index (κ3) is 5.39. The van der Waals surface area contributed by atoms with Crippen LogP contribution in [0.25, 0.3) is 0 Å². The van der Waals surface area contributed by atoms with Crippen LogP contribution in [0.3, 0.4) is 0 Å². The minimum Gasteiger partial charge on any atom is -0.482 e. The van der Waals surface area contributed by atoms with Crippen molar-refractivity contribution in [3.8, 4) is 5.75 Å². The van der Waals surface area contributed by atoms with Crippen molar-refractivity contribution in [2.75, 3.05) is 19.7 Å². The number of nitrogens with one attached hydrogen (secondary N) is 2. The first-order valence-corrected chi connectivity index (χ1v) is 7.38. The summed E-state index contributed by atoms with van der Waals surface area (Å²) in [6.45, 7) is 7.63. The van der Waals surface area contributed by atoms with Crippen LogP contribution >= 0.6 is 11.6 Å². The zero-order chi connectivity index (χ0) is 15.0. The van der Waals surface area contributed by atoms with Crippen LogP contribution in [-0.2, 0) is 4.79 Å². The van der Waals surface area contributed by atoms with E-state index >= 15 is 0 Å². The molecular weight excluding hydrogens is 276 g/mol. The van der Waals surface area contributed by atoms with Crippen LogP contribution in [0.5, 0.6) is 5.75 Å². The molecule has 1 amide bonds. The molecule has 0 spiro atoms. The molecule has 0 aliphatic carbocycles. The Labute approximate surface area is 125 Å². The number of likely N-dealkylation sites (N-methyl/N-ethyl adjacent to an activating group) is 1. The van der Waals surface area contributed by atoms with Gasteiger partial charge in [-0.05, 0) is 44.5 Å². The fourth-order valence-corrected chi connectivity index (χ4v) is 2.02. The monoisotopic (exact) mass is 298 g/mol. The van der Waals surface area contributed by atoms with E-state index in [2.05, 4.69) is 24.5 Å². The lowest BCUT2D eigenvalue weighted by atomic mass is 10.1. The van der Waals surface area contributed by atoms with Crippen molar-refractivity contribution >= 4 is 17.5 Å². The molecule has 0 heterocycles. The number of hydrogen-bond acceptors (Lipinski definition) is 3. The fraction of sp³-hybridized carbons (Fsp3) is 0.533. The van der Waals surface area contributed by atoms with Crippen LogP contribution in [0.1, 0.15) is 38.8 Å². The van der Waals surface area contributed by atoms with Crippen molar-refractivity contribution in [2.24, 2.45) is 0 Å². The maximum atomic E-state index is 11.3. The third-order valence-electron chi connectivity index (χ3n) is 2.89. The summed E-state index contributed by atoms with van der Waals surface area (Å²) in [5.41, 5.74) is 1.11. The molecule has 0 fully saturated rings. The molecule has 20 heavy (non-hydrogen) atoms. The average Bonchev–Trinajstić information content (AvgIpc) is 2.43. The number of rotatable bonds is 8. The smallest absolute Gasteiger partial charge is 0.257 e. The van der Waals surface area contributed by atoms with Gasteiger partial charge in [-0.1, -0.05) is 24.6 Å². The van der Waals surface area contributed by atoms with Gasteiger partial charge >= 0.3 is 0 Å². The summed E-state index contributed by atoms with van der Waals surface area (Å²) in [5, 5.41) is 6.59. The molecule has 1 aromatic rings. The second kappa shape index (κ2) is 8.82. The highest BCUT2D eigenvalue weighted by Gasteiger charge is 2.09. The Balaban J connectivity index is 2.61. The van der Waals surface area contributed by atoms with Crippen LogP contribution < -0.4 is 15.4 Å². The van der Waals surface area contributed by atoms with Crippen molar-refractivity contribution in [1.29, 1.82) is 0 Å². The van der Waals surface area contributed by atoms with Crippen LogP contribution in [0.4, 0.5) is 0 Å². The quantitative estimate of drug-likeness (QED) is 0.776. The minimum atomic E-state index is -0.148. The number of ether oxygens (including phenoxy) is 1. The van der Waals surface area contributed by atoms with E-state index in [1.165, 1.54) is 0 Å². The average molecular weight is 299 g/mol. The summed E-state index contributed by atoms with van der Waals surface area (Å²) < 4.78 is 5.40. The molecule has 0 aliphatic rings. The van der Waals surface area contributed by atoms with Crippen molar-refractivity contribution in [1.82, 2.24) is 10.6 Å². The molecule has 0 aliphatic heterocycles. The van der Waals surface area contributed by atoms with Gasteiger partial charge in [0.05, 0.1) is 5.02 Å². The van der Waals surface area contributed by atoms with E-state index in [-0.39, 0.29) is 18.6 Å². The number of carbonyl (C=O) groups is 1. The summed E-state index contributed by atoms with van der Waals surface area (Å²) in [6, 6.07) is 5.89. The number of amides is 1. The molecule has 0 saturated heterocycles. The summed E-state index contributed by atoms with van der Waals surface area (Å²) >= 11 is 6.18. The Bertz CT molecular complexity index is 438. The van der Waals surface area contributed by atoms with E-state index in [9.17, 15) is 4.79 Å². The number of hydrogen-bond donors (Lipinski definition) is 2. The standard InChI is InChI=1S/C15H23ClN2O2/c1-4-8-18-11(3)12-6-7-14(13(16)9-12)20-10-15(19)17-5-2/h6-7,9,11,18H,4-5,8,10H2,1-3H3,(H,17,19). The van der Waals surface area contributed by atoms with Gasteiger partial charge in [-0.2, -0.15) is 0 Å². The second-order valence-electron chi connectivity index (χ2n) is 4.61. The molecule has 0 aromatic heterocycles. The predicted octanol–water partition coefficient (Wildman–Crippen LogP) is 2.92. The Kier molecular flexibility index (Phi) is 7.41. The van der Waals surface area contributed by atoms with Gasteiger partial charge in [0.1, 0.15) is 5.75 Å². The molecule has 2 N–H and O–H groups in total. The van der Waals surface area contributed by atoms with Gasteiger partial charge in [-0.15, -0.1) is 0 Å². The van der Waals surface area contributed by atoms with Gasteiger partial charge in [-0.25, -0.2) is 0 Å². The lowest BCUT2D eigenvalue weighted by Gasteiger charge is -2.15. The fourth-order valence-electron chi connectivity index (χ4n) is 1.77. The number of carbonyl (C=O) groups excluding carboxylic acids is 1. The summed E-state index contributed by atoms with van der Waals surface area (Å²) in [4.78, 5) is 11.3. The van der Waals surface area contributed by atoms with Gasteiger partial charge in [0.2, 0.25) is 0 Å². The van der Waals surface area contributed by atoms with Gasteiger partial charge in [0.15, 0.2) is 6.61 Å². The third-order valence-corrected chi connectivity index (χ3v) is 3.18. The highest BCUT2D eigenvalue weighted by atomic mass is 35.5. The summed E-state index contributed by atoms with van der Waals surface area (Å²) in [7, 11) is 0. The summed E-state index contributed by atoms with van der Waals surface area (Å²) in [5.74, 6) is 0.384. The zero-order valence-corrected chi connectivity index (χ0v) is 13.1. The maximum Gasteiger partial charge on any atom is 0.257 e. The topological polar surface area (TPSA) is 50.4 Å². The largest absolute Gasteiger partial charge is 0.482 e. The lowest BCUT2D eigenvalue weighted by Crippen LogP contribution is -2.28. The van der Waals surface area contributed by atoms with E-state index in [4.69, 9.17) is 16.3 Å². The number of halogens is 1. The van der Waals surface area contributed by atoms with Crippen molar-refractivity contribution in [3.63, 3.8) is 0 Å². The van der Waals surface area contributed by atoms with E-state index in [0.717, 1.165) is 18.5 Å². The number of benzene rings is 1. The Morgan fingerprint density at radius 2 is 2.15 bits per heavy atom. The molecule has 4 nitrogen and oxygen atoms in total. The highest BCUT2D eigenvalue weighted by molar-refractivity contribution is 6.32. The van der Waals surface area contributed by atoms with Crippen LogP contribution in [0.2, 0.25) is 5.02 Å². The van der Waals surface area contributed by atoms with Gasteiger partial charge < -0.3 is 15.4 Å². The SMILES string of the molecule is CCCNC(C)c1ccc(OCC(=O)NCC)c(Cl)c1. The molecule has 0 radical (unpaired) electrons. The molecule has 112 valence electrons. The zero-order valence-electron chi connectivity index (χ0n) is 12.3. The first kappa shape index (κ1) is 16.8. The first-order valence-electron chi connectivity index (χ1n) is 7.00. The highest BCUT2D eigenvalue weighted by Crippen LogP contribution is 2.27.